The summed E-state index contributed by atoms with van der Waals surface area (Å²) in [6.45, 7) is 0.551. The Hall–Kier alpha value is -1.53. The molecule has 0 rings (SSSR count). The van der Waals surface area contributed by atoms with Gasteiger partial charge in [0.15, 0.2) is 0 Å². The van der Waals surface area contributed by atoms with Crippen molar-refractivity contribution in [2.45, 2.75) is 12.8 Å². The lowest BCUT2D eigenvalue weighted by Crippen LogP contribution is -2.27. The molecule has 7 nitrogen and oxygen atoms in total. The zero-order valence-electron chi connectivity index (χ0n) is 8.26. The van der Waals surface area contributed by atoms with Crippen molar-refractivity contribution in [3.8, 4) is 0 Å². The summed E-state index contributed by atoms with van der Waals surface area (Å²) < 4.78 is 4.45. The quantitative estimate of drug-likeness (QED) is 0.362. The second kappa shape index (κ2) is 6.93. The Labute approximate surface area is 81.7 Å². The number of rotatable bonds is 6. The topological polar surface area (TPSA) is 81.9 Å². The van der Waals surface area contributed by atoms with Crippen LogP contribution in [0.15, 0.2) is 0 Å². The first kappa shape index (κ1) is 12.5. The van der Waals surface area contributed by atoms with Crippen LogP contribution in [-0.2, 0) is 9.57 Å². The van der Waals surface area contributed by atoms with Crippen molar-refractivity contribution in [2.75, 3.05) is 27.3 Å². The van der Waals surface area contributed by atoms with Gasteiger partial charge < -0.3 is 14.5 Å². The highest BCUT2D eigenvalue weighted by atomic mass is 16.9. The van der Waals surface area contributed by atoms with Crippen molar-refractivity contribution in [3.05, 3.63) is 10.1 Å². The number of carbonyl (C=O) groups excluding carboxylic acids is 1. The SMILES string of the molecule is COC(=O)N(C)CCCCO[N+](=O)[O-]. The number of hydrogen-bond acceptors (Lipinski definition) is 5. The van der Waals surface area contributed by atoms with E-state index in [1.54, 1.807) is 7.05 Å². The number of unbranched alkanes of at least 4 members (excludes halogenated alkanes) is 1. The minimum Gasteiger partial charge on any atom is -0.453 e. The smallest absolute Gasteiger partial charge is 0.409 e. The van der Waals surface area contributed by atoms with Gasteiger partial charge in [0.05, 0.1) is 13.7 Å². The summed E-state index contributed by atoms with van der Waals surface area (Å²) in [7, 11) is 2.90. The van der Waals surface area contributed by atoms with E-state index < -0.39 is 11.2 Å². The van der Waals surface area contributed by atoms with Gasteiger partial charge in [0.1, 0.15) is 0 Å². The van der Waals surface area contributed by atoms with Gasteiger partial charge in [-0.15, -0.1) is 10.1 Å². The second-order valence-corrected chi connectivity index (χ2v) is 2.66. The van der Waals surface area contributed by atoms with E-state index in [2.05, 4.69) is 9.57 Å². The molecule has 0 radical (unpaired) electrons. The number of ether oxygens (including phenoxy) is 1. The van der Waals surface area contributed by atoms with Gasteiger partial charge in [-0.1, -0.05) is 0 Å². The van der Waals surface area contributed by atoms with Crippen LogP contribution in [0.1, 0.15) is 12.8 Å². The first-order chi connectivity index (χ1) is 6.57. The molecule has 0 aliphatic heterocycles. The molecule has 7 heteroatoms. The highest BCUT2D eigenvalue weighted by Crippen LogP contribution is 1.95. The minimum absolute atomic E-state index is 0.0576. The maximum absolute atomic E-state index is 10.8. The zero-order valence-corrected chi connectivity index (χ0v) is 8.26. The van der Waals surface area contributed by atoms with Crippen LogP contribution in [-0.4, -0.2) is 43.4 Å². The number of amides is 1. The number of carbonyl (C=O) groups is 1. The Morgan fingerprint density at radius 1 is 1.50 bits per heavy atom. The lowest BCUT2D eigenvalue weighted by molar-refractivity contribution is -0.757. The predicted molar refractivity (Wildman–Crippen MR) is 47.2 cm³/mol. The van der Waals surface area contributed by atoms with E-state index in [4.69, 9.17) is 0 Å². The number of hydrogen-bond donors (Lipinski definition) is 0. The summed E-state index contributed by atoms with van der Waals surface area (Å²) in [4.78, 5) is 26.1. The average molecular weight is 206 g/mol. The molecule has 0 spiro atoms. The largest absolute Gasteiger partial charge is 0.453 e. The van der Waals surface area contributed by atoms with Crippen molar-refractivity contribution < 1.29 is 19.5 Å². The van der Waals surface area contributed by atoms with E-state index in [0.29, 0.717) is 19.4 Å². The van der Waals surface area contributed by atoms with E-state index in [1.165, 1.54) is 12.0 Å². The molecule has 0 N–H and O–H groups in total. The first-order valence-electron chi connectivity index (χ1n) is 4.14. The molecule has 0 aromatic carbocycles. The Morgan fingerprint density at radius 2 is 2.14 bits per heavy atom. The zero-order chi connectivity index (χ0) is 11.0. The Bertz CT molecular complexity index is 197. The lowest BCUT2D eigenvalue weighted by atomic mass is 10.3. The summed E-state index contributed by atoms with van der Waals surface area (Å²) in [5, 5.41) is 8.92. The maximum atomic E-state index is 10.8. The van der Waals surface area contributed by atoms with Crippen molar-refractivity contribution in [1.82, 2.24) is 4.90 Å². The van der Waals surface area contributed by atoms with Crippen LogP contribution in [0.5, 0.6) is 0 Å². The van der Waals surface area contributed by atoms with Crippen LogP contribution in [0.4, 0.5) is 4.79 Å². The molecule has 0 unspecified atom stereocenters. The van der Waals surface area contributed by atoms with E-state index in [9.17, 15) is 14.9 Å². The van der Waals surface area contributed by atoms with Crippen LogP contribution in [0, 0.1) is 10.1 Å². The molecule has 0 aromatic heterocycles. The molecule has 0 heterocycles. The third-order valence-corrected chi connectivity index (χ3v) is 1.57. The first-order valence-corrected chi connectivity index (χ1v) is 4.14. The monoisotopic (exact) mass is 206 g/mol. The summed E-state index contributed by atoms with van der Waals surface area (Å²) >= 11 is 0. The summed E-state index contributed by atoms with van der Waals surface area (Å²) in [6, 6.07) is 0. The molecule has 0 bridgehead atoms. The fourth-order valence-corrected chi connectivity index (χ4v) is 0.837. The van der Waals surface area contributed by atoms with Crippen molar-refractivity contribution in [2.24, 2.45) is 0 Å². The summed E-state index contributed by atoms with van der Waals surface area (Å²) in [6.07, 6.45) is 0.752. The molecule has 82 valence electrons. The fraction of sp³-hybridized carbons (Fsp3) is 0.857. The second-order valence-electron chi connectivity index (χ2n) is 2.66. The molecule has 0 aliphatic carbocycles. The maximum Gasteiger partial charge on any atom is 0.409 e. The third kappa shape index (κ3) is 6.04. The Balaban J connectivity index is 3.36. The van der Waals surface area contributed by atoms with E-state index in [0.717, 1.165) is 0 Å². The van der Waals surface area contributed by atoms with Crippen molar-refractivity contribution in [1.29, 1.82) is 0 Å². The van der Waals surface area contributed by atoms with Crippen LogP contribution in [0.2, 0.25) is 0 Å². The normalized spacial score (nSPS) is 9.29. The molecule has 0 aliphatic rings. The molecule has 0 saturated heterocycles. The van der Waals surface area contributed by atoms with Gasteiger partial charge in [0.25, 0.3) is 5.09 Å². The van der Waals surface area contributed by atoms with Crippen LogP contribution < -0.4 is 0 Å². The van der Waals surface area contributed by atoms with Gasteiger partial charge in [-0.2, -0.15) is 0 Å². The van der Waals surface area contributed by atoms with Gasteiger partial charge in [0.2, 0.25) is 0 Å². The molecule has 1 amide bonds. The van der Waals surface area contributed by atoms with E-state index in [-0.39, 0.29) is 6.61 Å². The molecule has 0 aromatic rings. The van der Waals surface area contributed by atoms with E-state index in [1.807, 2.05) is 0 Å². The lowest BCUT2D eigenvalue weighted by Gasteiger charge is -2.14. The fourth-order valence-electron chi connectivity index (χ4n) is 0.837. The van der Waals surface area contributed by atoms with Crippen LogP contribution in [0.25, 0.3) is 0 Å². The predicted octanol–water partition coefficient (Wildman–Crippen LogP) is 0.673. The van der Waals surface area contributed by atoms with Crippen LogP contribution in [0.3, 0.4) is 0 Å². The van der Waals surface area contributed by atoms with Crippen molar-refractivity contribution in [3.63, 3.8) is 0 Å². The standard InChI is InChI=1S/C7H14N2O5/c1-8(7(10)13-2)5-3-4-6-14-9(11)12/h3-6H2,1-2H3. The summed E-state index contributed by atoms with van der Waals surface area (Å²) in [5.41, 5.74) is 0. The molecule has 0 saturated carbocycles. The van der Waals surface area contributed by atoms with Gasteiger partial charge in [-0.3, -0.25) is 0 Å². The molecular formula is C7H14N2O5. The highest BCUT2D eigenvalue weighted by molar-refractivity contribution is 5.66. The summed E-state index contributed by atoms with van der Waals surface area (Å²) in [5.74, 6) is 0. The van der Waals surface area contributed by atoms with E-state index >= 15 is 0 Å². The Kier molecular flexibility index (Phi) is 6.17. The third-order valence-electron chi connectivity index (χ3n) is 1.57. The molecule has 14 heavy (non-hydrogen) atoms. The number of methoxy groups -OCH3 is 1. The van der Waals surface area contributed by atoms with Gasteiger partial charge in [-0.05, 0) is 12.8 Å². The highest BCUT2D eigenvalue weighted by Gasteiger charge is 2.06. The number of nitrogens with zero attached hydrogens (tertiary/aromatic N) is 2. The molecular weight excluding hydrogens is 192 g/mol. The molecule has 0 atom stereocenters. The van der Waals surface area contributed by atoms with Crippen molar-refractivity contribution >= 4 is 6.09 Å². The Morgan fingerprint density at radius 3 is 2.64 bits per heavy atom. The minimum atomic E-state index is -0.829. The van der Waals surface area contributed by atoms with Crippen LogP contribution >= 0.6 is 0 Å². The van der Waals surface area contributed by atoms with Gasteiger partial charge in [0, 0.05) is 13.6 Å². The van der Waals surface area contributed by atoms with Gasteiger partial charge in [-0.25, -0.2) is 4.79 Å². The average Bonchev–Trinajstić information content (AvgIpc) is 2.15. The molecule has 0 fully saturated rings. The van der Waals surface area contributed by atoms with Gasteiger partial charge >= 0.3 is 6.09 Å².